The van der Waals surface area contributed by atoms with Crippen LogP contribution in [0.5, 0.6) is 0 Å². The van der Waals surface area contributed by atoms with Gasteiger partial charge in [0.25, 0.3) is 5.91 Å². The molecule has 0 saturated carbocycles. The molecule has 0 N–H and O–H groups in total. The van der Waals surface area contributed by atoms with E-state index in [1.54, 1.807) is 18.0 Å². The smallest absolute Gasteiger partial charge is 0.310 e. The van der Waals surface area contributed by atoms with E-state index in [2.05, 4.69) is 9.97 Å². The van der Waals surface area contributed by atoms with Gasteiger partial charge < -0.3 is 9.64 Å². The van der Waals surface area contributed by atoms with Gasteiger partial charge in [0, 0.05) is 30.5 Å². The van der Waals surface area contributed by atoms with Gasteiger partial charge in [-0.05, 0) is 57.0 Å². The molecule has 150 valence electrons. The van der Waals surface area contributed by atoms with Crippen LogP contribution in [0, 0.1) is 12.8 Å². The number of hydrogen-bond acceptors (Lipinski definition) is 5. The number of amides is 1. The van der Waals surface area contributed by atoms with Crippen LogP contribution in [-0.4, -0.2) is 51.0 Å². The summed E-state index contributed by atoms with van der Waals surface area (Å²) in [5.74, 6) is 0.268. The Bertz CT molecular complexity index is 1060. The maximum atomic E-state index is 13.1. The Labute approximate surface area is 169 Å². The molecule has 3 aromatic rings. The highest BCUT2D eigenvalue weighted by atomic mass is 16.5. The molecule has 4 rings (SSSR count). The van der Waals surface area contributed by atoms with Crippen molar-refractivity contribution in [1.82, 2.24) is 19.4 Å². The van der Waals surface area contributed by atoms with Crippen LogP contribution in [0.3, 0.4) is 0 Å². The summed E-state index contributed by atoms with van der Waals surface area (Å²) in [5.41, 5.74) is 3.00. The van der Waals surface area contributed by atoms with E-state index in [-0.39, 0.29) is 17.8 Å². The molecule has 0 aliphatic carbocycles. The van der Waals surface area contributed by atoms with Gasteiger partial charge in [0.15, 0.2) is 5.65 Å². The van der Waals surface area contributed by atoms with Gasteiger partial charge in [-0.3, -0.25) is 14.2 Å². The van der Waals surface area contributed by atoms with E-state index in [0.717, 1.165) is 35.5 Å². The number of aryl methyl sites for hydroxylation is 1. The highest BCUT2D eigenvalue weighted by Crippen LogP contribution is 2.23. The largest absolute Gasteiger partial charge is 0.466 e. The number of benzene rings is 1. The van der Waals surface area contributed by atoms with Crippen molar-refractivity contribution >= 4 is 23.0 Å². The minimum absolute atomic E-state index is 0.0733. The van der Waals surface area contributed by atoms with Crippen molar-refractivity contribution < 1.29 is 14.3 Å². The van der Waals surface area contributed by atoms with Gasteiger partial charge in [0.1, 0.15) is 11.3 Å². The zero-order chi connectivity index (χ0) is 20.4. The standard InChI is InChI=1S/C22H24N4O3/c1-3-29-22(28)17-8-6-12-25(14-17)21(27)16-7-4-9-18(13-16)26-15(2)24-19-10-5-11-23-20(19)26/h4-5,7,9-11,13,17H,3,6,8,12,14H2,1-2H3/t17-/m0/s1. The van der Waals surface area contributed by atoms with Crippen molar-refractivity contribution in [3.8, 4) is 5.69 Å². The second-order valence-corrected chi connectivity index (χ2v) is 7.23. The number of likely N-dealkylation sites (tertiary alicyclic amines) is 1. The van der Waals surface area contributed by atoms with Crippen molar-refractivity contribution in [2.75, 3.05) is 19.7 Å². The molecule has 1 amide bonds. The third kappa shape index (κ3) is 3.72. The Hall–Kier alpha value is -3.22. The highest BCUT2D eigenvalue weighted by molar-refractivity contribution is 5.95. The van der Waals surface area contributed by atoms with E-state index in [0.29, 0.717) is 25.3 Å². The van der Waals surface area contributed by atoms with Crippen LogP contribution in [0.25, 0.3) is 16.9 Å². The second-order valence-electron chi connectivity index (χ2n) is 7.23. The number of esters is 1. The fourth-order valence-electron chi connectivity index (χ4n) is 3.91. The molecule has 3 heterocycles. The number of nitrogens with zero attached hydrogens (tertiary/aromatic N) is 4. The third-order valence-electron chi connectivity index (χ3n) is 5.26. The minimum atomic E-state index is -0.250. The lowest BCUT2D eigenvalue weighted by atomic mass is 9.97. The number of piperidine rings is 1. The first-order chi connectivity index (χ1) is 14.1. The van der Waals surface area contributed by atoms with Gasteiger partial charge in [-0.2, -0.15) is 0 Å². The Morgan fingerprint density at radius 1 is 1.24 bits per heavy atom. The molecular weight excluding hydrogens is 368 g/mol. The van der Waals surface area contributed by atoms with Gasteiger partial charge in [0.05, 0.1) is 12.5 Å². The summed E-state index contributed by atoms with van der Waals surface area (Å²) in [6.07, 6.45) is 3.29. The molecule has 0 bridgehead atoms. The zero-order valence-corrected chi connectivity index (χ0v) is 16.7. The molecule has 7 nitrogen and oxygen atoms in total. The van der Waals surface area contributed by atoms with E-state index in [4.69, 9.17) is 4.74 Å². The fourth-order valence-corrected chi connectivity index (χ4v) is 3.91. The first-order valence-electron chi connectivity index (χ1n) is 9.95. The second kappa shape index (κ2) is 8.03. The predicted octanol–water partition coefficient (Wildman–Crippen LogP) is 3.14. The lowest BCUT2D eigenvalue weighted by molar-refractivity contribution is -0.149. The Morgan fingerprint density at radius 3 is 2.93 bits per heavy atom. The molecule has 1 saturated heterocycles. The average Bonchev–Trinajstić information content (AvgIpc) is 3.09. The summed E-state index contributed by atoms with van der Waals surface area (Å²) >= 11 is 0. The van der Waals surface area contributed by atoms with Crippen LogP contribution in [0.2, 0.25) is 0 Å². The van der Waals surface area contributed by atoms with Crippen LogP contribution in [0.1, 0.15) is 35.9 Å². The number of carbonyl (C=O) groups is 2. The molecule has 2 aromatic heterocycles. The molecule has 0 spiro atoms. The first kappa shape index (κ1) is 19.1. The number of carbonyl (C=O) groups excluding carboxylic acids is 2. The monoisotopic (exact) mass is 392 g/mol. The third-order valence-corrected chi connectivity index (χ3v) is 5.26. The molecule has 29 heavy (non-hydrogen) atoms. The molecular formula is C22H24N4O3. The van der Waals surface area contributed by atoms with Crippen molar-refractivity contribution in [2.24, 2.45) is 5.92 Å². The van der Waals surface area contributed by atoms with E-state index >= 15 is 0 Å². The van der Waals surface area contributed by atoms with Crippen LogP contribution in [0.15, 0.2) is 42.6 Å². The number of hydrogen-bond donors (Lipinski definition) is 0. The molecule has 1 aromatic carbocycles. The summed E-state index contributed by atoms with van der Waals surface area (Å²) in [6, 6.07) is 11.3. The minimum Gasteiger partial charge on any atom is -0.466 e. The summed E-state index contributed by atoms with van der Waals surface area (Å²) < 4.78 is 7.09. The van der Waals surface area contributed by atoms with Crippen LogP contribution < -0.4 is 0 Å². The Balaban J connectivity index is 1.61. The maximum Gasteiger partial charge on any atom is 0.310 e. The predicted molar refractivity (Wildman–Crippen MR) is 109 cm³/mol. The van der Waals surface area contributed by atoms with E-state index < -0.39 is 0 Å². The van der Waals surface area contributed by atoms with Gasteiger partial charge in [-0.15, -0.1) is 0 Å². The molecule has 0 unspecified atom stereocenters. The quantitative estimate of drug-likeness (QED) is 0.638. The van der Waals surface area contributed by atoms with Crippen molar-refractivity contribution in [3.05, 3.63) is 54.0 Å². The Morgan fingerprint density at radius 2 is 2.10 bits per heavy atom. The molecule has 1 atom stereocenters. The number of rotatable bonds is 4. The molecule has 1 aliphatic heterocycles. The maximum absolute atomic E-state index is 13.1. The van der Waals surface area contributed by atoms with Gasteiger partial charge >= 0.3 is 5.97 Å². The summed E-state index contributed by atoms with van der Waals surface area (Å²) in [4.78, 5) is 36.0. The van der Waals surface area contributed by atoms with Crippen LogP contribution in [0.4, 0.5) is 0 Å². The number of ether oxygens (including phenoxy) is 1. The van der Waals surface area contributed by atoms with Gasteiger partial charge in [0.2, 0.25) is 0 Å². The lowest BCUT2D eigenvalue weighted by Gasteiger charge is -2.31. The van der Waals surface area contributed by atoms with Crippen molar-refractivity contribution in [2.45, 2.75) is 26.7 Å². The van der Waals surface area contributed by atoms with Gasteiger partial charge in [-0.1, -0.05) is 6.07 Å². The highest BCUT2D eigenvalue weighted by Gasteiger charge is 2.30. The van der Waals surface area contributed by atoms with Crippen molar-refractivity contribution in [3.63, 3.8) is 0 Å². The SMILES string of the molecule is CCOC(=O)[C@H]1CCCN(C(=O)c2cccc(-n3c(C)nc4cccnc43)c2)C1. The zero-order valence-electron chi connectivity index (χ0n) is 16.7. The topological polar surface area (TPSA) is 77.3 Å². The van der Waals surface area contributed by atoms with E-state index in [1.807, 2.05) is 47.9 Å². The summed E-state index contributed by atoms with van der Waals surface area (Å²) in [7, 11) is 0. The summed E-state index contributed by atoms with van der Waals surface area (Å²) in [5, 5.41) is 0. The lowest BCUT2D eigenvalue weighted by Crippen LogP contribution is -2.42. The number of fused-ring (bicyclic) bond motifs is 1. The fraction of sp³-hybridized carbons (Fsp3) is 0.364. The average molecular weight is 392 g/mol. The molecule has 0 radical (unpaired) electrons. The van der Waals surface area contributed by atoms with Crippen LogP contribution >= 0.6 is 0 Å². The number of imidazole rings is 1. The molecule has 1 fully saturated rings. The van der Waals surface area contributed by atoms with E-state index in [9.17, 15) is 9.59 Å². The molecule has 7 heteroatoms. The van der Waals surface area contributed by atoms with Crippen molar-refractivity contribution in [1.29, 1.82) is 0 Å². The Kier molecular flexibility index (Phi) is 5.29. The first-order valence-corrected chi connectivity index (χ1v) is 9.95. The van der Waals surface area contributed by atoms with E-state index in [1.165, 1.54) is 0 Å². The molecule has 1 aliphatic rings. The number of pyridine rings is 1. The van der Waals surface area contributed by atoms with Crippen LogP contribution in [-0.2, 0) is 9.53 Å². The summed E-state index contributed by atoms with van der Waals surface area (Å²) in [6.45, 7) is 5.12. The number of aromatic nitrogens is 3. The van der Waals surface area contributed by atoms with Gasteiger partial charge in [-0.25, -0.2) is 9.97 Å². The normalized spacial score (nSPS) is 16.8.